The Morgan fingerprint density at radius 3 is 2.61 bits per heavy atom. The molecule has 2 amide bonds. The van der Waals surface area contributed by atoms with Gasteiger partial charge >= 0.3 is 6.03 Å². The molecule has 2 aliphatic carbocycles. The van der Waals surface area contributed by atoms with E-state index in [-0.39, 0.29) is 10.8 Å². The highest BCUT2D eigenvalue weighted by molar-refractivity contribution is 7.92. The number of nitrogens with one attached hydrogen (secondary N) is 2. The van der Waals surface area contributed by atoms with E-state index < -0.39 is 31.7 Å². The standard InChI is InChI=1S/C22H27FN2O4S2/c1-12(13-7-8-13)15-10-9-14-5-4-6-16(14)19(15)24-21(26)25-31(28,29)20-17(23)11-18(30-20)22(2,3)27/h9-13,27H,4-8H2,1-3H3,(H2,24,25,26)/t12-/m0/s1. The zero-order valence-electron chi connectivity index (χ0n) is 17.8. The molecule has 9 heteroatoms. The molecule has 1 heterocycles. The third-order valence-corrected chi connectivity index (χ3v) is 9.37. The Balaban J connectivity index is 1.59. The highest BCUT2D eigenvalue weighted by Crippen LogP contribution is 2.46. The normalized spacial score (nSPS) is 17.3. The molecule has 0 spiro atoms. The second-order valence-electron chi connectivity index (χ2n) is 9.01. The van der Waals surface area contributed by atoms with Crippen LogP contribution in [0.1, 0.15) is 67.5 Å². The van der Waals surface area contributed by atoms with Gasteiger partial charge in [0.2, 0.25) is 0 Å². The van der Waals surface area contributed by atoms with Crippen LogP contribution in [0.5, 0.6) is 0 Å². The van der Waals surface area contributed by atoms with Crippen LogP contribution >= 0.6 is 11.3 Å². The van der Waals surface area contributed by atoms with Crippen LogP contribution in [0.3, 0.4) is 0 Å². The van der Waals surface area contributed by atoms with Gasteiger partial charge in [0.25, 0.3) is 10.0 Å². The van der Waals surface area contributed by atoms with E-state index in [0.29, 0.717) is 22.9 Å². The summed E-state index contributed by atoms with van der Waals surface area (Å²) in [5.41, 5.74) is 2.54. The Bertz CT molecular complexity index is 1130. The smallest absolute Gasteiger partial charge is 0.333 e. The average molecular weight is 467 g/mol. The summed E-state index contributed by atoms with van der Waals surface area (Å²) < 4.78 is 41.0. The molecule has 4 rings (SSSR count). The molecule has 0 radical (unpaired) electrons. The number of carbonyl (C=O) groups excluding carboxylic acids is 1. The summed E-state index contributed by atoms with van der Waals surface area (Å²) in [6, 6.07) is 4.21. The minimum absolute atomic E-state index is 0.159. The number of hydrogen-bond donors (Lipinski definition) is 3. The van der Waals surface area contributed by atoms with Gasteiger partial charge in [-0.15, -0.1) is 11.3 Å². The van der Waals surface area contributed by atoms with E-state index in [0.717, 1.165) is 49.3 Å². The zero-order chi connectivity index (χ0) is 22.6. The van der Waals surface area contributed by atoms with Gasteiger partial charge in [-0.05, 0) is 80.5 Å². The molecular formula is C22H27FN2O4S2. The third-order valence-electron chi connectivity index (χ3n) is 6.10. The molecule has 6 nitrogen and oxygen atoms in total. The first kappa shape index (κ1) is 22.2. The summed E-state index contributed by atoms with van der Waals surface area (Å²) in [4.78, 5) is 12.9. The Morgan fingerprint density at radius 2 is 2.00 bits per heavy atom. The van der Waals surface area contributed by atoms with E-state index in [4.69, 9.17) is 0 Å². The maximum absolute atomic E-state index is 14.3. The summed E-state index contributed by atoms with van der Waals surface area (Å²) in [6.07, 6.45) is 5.06. The summed E-state index contributed by atoms with van der Waals surface area (Å²) in [6.45, 7) is 5.01. The number of carbonyl (C=O) groups is 1. The molecule has 1 atom stereocenters. The molecular weight excluding hydrogens is 439 g/mol. The minimum Gasteiger partial charge on any atom is -0.385 e. The Labute approximate surface area is 185 Å². The number of urea groups is 1. The second-order valence-corrected chi connectivity index (χ2v) is 11.9. The number of thiophene rings is 1. The molecule has 0 saturated heterocycles. The van der Waals surface area contributed by atoms with Crippen molar-refractivity contribution in [2.75, 3.05) is 5.32 Å². The minimum atomic E-state index is -4.43. The molecule has 0 bridgehead atoms. The predicted octanol–water partition coefficient (Wildman–Crippen LogP) is 4.63. The summed E-state index contributed by atoms with van der Waals surface area (Å²) in [5.74, 6) is -0.153. The first-order valence-corrected chi connectivity index (χ1v) is 12.8. The molecule has 2 aromatic rings. The number of sulfonamides is 1. The summed E-state index contributed by atoms with van der Waals surface area (Å²) in [7, 11) is -4.43. The SMILES string of the molecule is C[C@H](c1ccc2c(c1NC(=O)NS(=O)(=O)c1sc(C(C)(C)O)cc1F)CCC2)C1CC1. The lowest BCUT2D eigenvalue weighted by atomic mass is 9.91. The van der Waals surface area contributed by atoms with Gasteiger partial charge in [-0.25, -0.2) is 22.3 Å². The Hall–Kier alpha value is -1.97. The van der Waals surface area contributed by atoms with Crippen LogP contribution in [0.25, 0.3) is 0 Å². The fraction of sp³-hybridized carbons (Fsp3) is 0.500. The second kappa shape index (κ2) is 7.86. The largest absolute Gasteiger partial charge is 0.385 e. The van der Waals surface area contributed by atoms with Gasteiger partial charge in [-0.3, -0.25) is 0 Å². The van der Waals surface area contributed by atoms with E-state index in [1.807, 2.05) is 10.8 Å². The number of hydrogen-bond acceptors (Lipinski definition) is 5. The first-order chi connectivity index (χ1) is 14.5. The lowest BCUT2D eigenvalue weighted by Gasteiger charge is -2.20. The van der Waals surface area contributed by atoms with Crippen LogP contribution in [0, 0.1) is 11.7 Å². The number of fused-ring (bicyclic) bond motifs is 1. The summed E-state index contributed by atoms with van der Waals surface area (Å²) >= 11 is 0.607. The van der Waals surface area contributed by atoms with Gasteiger partial charge in [-0.1, -0.05) is 19.1 Å². The average Bonchev–Trinajstić information content (AvgIpc) is 3.24. The zero-order valence-corrected chi connectivity index (χ0v) is 19.4. The van der Waals surface area contributed by atoms with Crippen molar-refractivity contribution in [1.29, 1.82) is 0 Å². The van der Waals surface area contributed by atoms with E-state index in [1.165, 1.54) is 19.4 Å². The fourth-order valence-corrected chi connectivity index (χ4v) is 6.51. The van der Waals surface area contributed by atoms with Crippen molar-refractivity contribution in [3.05, 3.63) is 45.6 Å². The first-order valence-electron chi connectivity index (χ1n) is 10.5. The third kappa shape index (κ3) is 4.49. The van der Waals surface area contributed by atoms with Crippen molar-refractivity contribution < 1.29 is 22.7 Å². The van der Waals surface area contributed by atoms with Gasteiger partial charge in [0.1, 0.15) is 0 Å². The van der Waals surface area contributed by atoms with Crippen LogP contribution in [-0.4, -0.2) is 19.6 Å². The predicted molar refractivity (Wildman–Crippen MR) is 118 cm³/mol. The number of aliphatic hydroxyl groups is 1. The van der Waals surface area contributed by atoms with Crippen molar-refractivity contribution >= 4 is 33.1 Å². The molecule has 1 saturated carbocycles. The van der Waals surface area contributed by atoms with Crippen molar-refractivity contribution in [3.63, 3.8) is 0 Å². The van der Waals surface area contributed by atoms with E-state index >= 15 is 0 Å². The maximum atomic E-state index is 14.3. The van der Waals surface area contributed by atoms with Gasteiger partial charge in [0, 0.05) is 10.6 Å². The number of rotatable bonds is 6. The number of anilines is 1. The van der Waals surface area contributed by atoms with Crippen LogP contribution in [0.15, 0.2) is 22.4 Å². The van der Waals surface area contributed by atoms with Crippen molar-refractivity contribution in [2.45, 2.75) is 68.6 Å². The summed E-state index contributed by atoms with van der Waals surface area (Å²) in [5, 5.41) is 12.8. The van der Waals surface area contributed by atoms with Crippen LogP contribution in [0.2, 0.25) is 0 Å². The molecule has 1 aromatic carbocycles. The van der Waals surface area contributed by atoms with Crippen molar-refractivity contribution in [1.82, 2.24) is 4.72 Å². The number of aryl methyl sites for hydroxylation is 1. The highest BCUT2D eigenvalue weighted by atomic mass is 32.2. The quantitative estimate of drug-likeness (QED) is 0.579. The maximum Gasteiger partial charge on any atom is 0.333 e. The topological polar surface area (TPSA) is 95.5 Å². The van der Waals surface area contributed by atoms with Crippen LogP contribution < -0.4 is 10.0 Å². The van der Waals surface area contributed by atoms with E-state index in [1.54, 1.807) is 0 Å². The molecule has 1 fully saturated rings. The van der Waals surface area contributed by atoms with Gasteiger partial charge < -0.3 is 10.4 Å². The molecule has 0 unspecified atom stereocenters. The van der Waals surface area contributed by atoms with E-state index in [9.17, 15) is 22.7 Å². The molecule has 31 heavy (non-hydrogen) atoms. The van der Waals surface area contributed by atoms with E-state index in [2.05, 4.69) is 18.3 Å². The molecule has 168 valence electrons. The van der Waals surface area contributed by atoms with Crippen LogP contribution in [0.4, 0.5) is 14.9 Å². The lowest BCUT2D eigenvalue weighted by Crippen LogP contribution is -2.35. The molecule has 2 aliphatic rings. The van der Waals surface area contributed by atoms with Gasteiger partial charge in [-0.2, -0.15) is 0 Å². The molecule has 0 aliphatic heterocycles. The molecule has 3 N–H and O–H groups in total. The number of benzene rings is 1. The Kier molecular flexibility index (Phi) is 5.64. The lowest BCUT2D eigenvalue weighted by molar-refractivity contribution is 0.0823. The van der Waals surface area contributed by atoms with Gasteiger partial charge in [0.15, 0.2) is 10.0 Å². The number of halogens is 1. The Morgan fingerprint density at radius 1 is 1.29 bits per heavy atom. The highest BCUT2D eigenvalue weighted by Gasteiger charge is 2.33. The number of amides is 2. The van der Waals surface area contributed by atoms with Crippen molar-refractivity contribution in [3.8, 4) is 0 Å². The van der Waals surface area contributed by atoms with Crippen molar-refractivity contribution in [2.24, 2.45) is 5.92 Å². The fourth-order valence-electron chi connectivity index (χ4n) is 4.21. The van der Waals surface area contributed by atoms with Gasteiger partial charge in [0.05, 0.1) is 5.60 Å². The monoisotopic (exact) mass is 466 g/mol. The van der Waals surface area contributed by atoms with Crippen LogP contribution in [-0.2, 0) is 28.5 Å². The molecule has 1 aromatic heterocycles.